The van der Waals surface area contributed by atoms with Crippen LogP contribution >= 0.6 is 23.6 Å². The third-order valence-electron chi connectivity index (χ3n) is 4.80. The first-order valence-electron chi connectivity index (χ1n) is 8.76. The molecule has 0 aliphatic heterocycles. The zero-order chi connectivity index (χ0) is 19.0. The van der Waals surface area contributed by atoms with E-state index in [1.807, 2.05) is 34.5 Å². The van der Waals surface area contributed by atoms with Gasteiger partial charge < -0.3 is 9.47 Å². The summed E-state index contributed by atoms with van der Waals surface area (Å²) in [5.74, 6) is 0.850. The van der Waals surface area contributed by atoms with Crippen LogP contribution in [-0.4, -0.2) is 31.4 Å². The zero-order valence-corrected chi connectivity index (χ0v) is 17.1. The summed E-state index contributed by atoms with van der Waals surface area (Å²) in [6.07, 6.45) is 3.54. The number of quaternary nitrogens is 1. The number of thiazole rings is 1. The first-order valence-corrected chi connectivity index (χ1v) is 9.99. The number of aromatic nitrogens is 5. The Morgan fingerprint density at radius 1 is 1.19 bits per heavy atom. The number of pyridine rings is 1. The van der Waals surface area contributed by atoms with Crippen molar-refractivity contribution in [2.24, 2.45) is 7.05 Å². The van der Waals surface area contributed by atoms with Gasteiger partial charge in [-0.15, -0.1) is 16.4 Å². The molecule has 27 heavy (non-hydrogen) atoms. The lowest BCUT2D eigenvalue weighted by Gasteiger charge is -2.19. The van der Waals surface area contributed by atoms with Gasteiger partial charge in [0.1, 0.15) is 6.04 Å². The summed E-state index contributed by atoms with van der Waals surface area (Å²) < 4.78 is 5.77. The van der Waals surface area contributed by atoms with Crippen LogP contribution in [0.5, 0.6) is 0 Å². The molecule has 4 rings (SSSR count). The molecule has 0 aliphatic rings. The maximum atomic E-state index is 5.61. The molecule has 0 fully saturated rings. The Morgan fingerprint density at radius 2 is 1.93 bits per heavy atom. The molecule has 138 valence electrons. The molecule has 3 aromatic heterocycles. The largest absolute Gasteiger partial charge is 0.311 e. The maximum absolute atomic E-state index is 5.61. The van der Waals surface area contributed by atoms with Crippen molar-refractivity contribution in [3.05, 3.63) is 58.6 Å². The smallest absolute Gasteiger partial charge is 0.202 e. The van der Waals surface area contributed by atoms with Crippen LogP contribution in [0.3, 0.4) is 0 Å². The van der Waals surface area contributed by atoms with Gasteiger partial charge in [-0.1, -0.05) is 12.1 Å². The van der Waals surface area contributed by atoms with Crippen LogP contribution in [-0.2, 0) is 13.7 Å². The molecule has 0 saturated heterocycles. The summed E-state index contributed by atoms with van der Waals surface area (Å²) in [4.78, 5) is 10.2. The quantitative estimate of drug-likeness (QED) is 0.526. The molecular weight excluding hydrogens is 376 g/mol. The second-order valence-corrected chi connectivity index (χ2v) is 8.07. The minimum atomic E-state index is 0.246. The molecule has 0 aliphatic carbocycles. The highest BCUT2D eigenvalue weighted by atomic mass is 32.1. The third-order valence-corrected chi connectivity index (χ3v) is 6.50. The van der Waals surface area contributed by atoms with Crippen molar-refractivity contribution in [2.45, 2.75) is 19.6 Å². The number of nitrogens with one attached hydrogen (secondary N) is 1. The van der Waals surface area contributed by atoms with E-state index in [0.717, 1.165) is 21.9 Å². The lowest BCUT2D eigenvalue weighted by Crippen LogP contribution is -3.08. The SMILES string of the molecule is C[C@@H](c1nc2ccccc2s1)[NH+](C)Cn1nc(-c2ccncc2)n(C)c1=S. The van der Waals surface area contributed by atoms with Gasteiger partial charge in [0.2, 0.25) is 4.77 Å². The molecule has 8 heteroatoms. The first kappa shape index (κ1) is 18.0. The molecule has 2 atom stereocenters. The van der Waals surface area contributed by atoms with Gasteiger partial charge in [0.25, 0.3) is 0 Å². The van der Waals surface area contributed by atoms with Crippen LogP contribution in [0.25, 0.3) is 21.6 Å². The fourth-order valence-electron chi connectivity index (χ4n) is 3.00. The highest BCUT2D eigenvalue weighted by molar-refractivity contribution is 7.71. The topological polar surface area (TPSA) is 53.0 Å². The lowest BCUT2D eigenvalue weighted by atomic mass is 10.2. The average Bonchev–Trinajstić information content (AvgIpc) is 3.24. The van der Waals surface area contributed by atoms with Crippen molar-refractivity contribution in [2.75, 3.05) is 7.05 Å². The van der Waals surface area contributed by atoms with Gasteiger partial charge in [0, 0.05) is 25.0 Å². The monoisotopic (exact) mass is 397 g/mol. The summed E-state index contributed by atoms with van der Waals surface area (Å²) in [5, 5.41) is 5.88. The van der Waals surface area contributed by atoms with Gasteiger partial charge in [-0.05, 0) is 43.4 Å². The Bertz CT molecular complexity index is 1100. The second kappa shape index (κ2) is 7.30. The third kappa shape index (κ3) is 3.43. The van der Waals surface area contributed by atoms with Gasteiger partial charge >= 0.3 is 0 Å². The van der Waals surface area contributed by atoms with E-state index in [1.165, 1.54) is 9.60 Å². The molecule has 4 aromatic rings. The minimum Gasteiger partial charge on any atom is -0.311 e. The van der Waals surface area contributed by atoms with Crippen molar-refractivity contribution < 1.29 is 4.90 Å². The highest BCUT2D eigenvalue weighted by Crippen LogP contribution is 2.24. The van der Waals surface area contributed by atoms with E-state index in [0.29, 0.717) is 11.4 Å². The number of hydrogen-bond donors (Lipinski definition) is 1. The van der Waals surface area contributed by atoms with E-state index in [2.05, 4.69) is 37.2 Å². The Morgan fingerprint density at radius 3 is 2.67 bits per heavy atom. The second-order valence-electron chi connectivity index (χ2n) is 6.65. The summed E-state index contributed by atoms with van der Waals surface area (Å²) in [6.45, 7) is 2.87. The zero-order valence-electron chi connectivity index (χ0n) is 15.5. The van der Waals surface area contributed by atoms with E-state index >= 15 is 0 Å². The van der Waals surface area contributed by atoms with Crippen molar-refractivity contribution in [3.63, 3.8) is 0 Å². The van der Waals surface area contributed by atoms with Crippen molar-refractivity contribution in [1.29, 1.82) is 0 Å². The predicted molar refractivity (Wildman–Crippen MR) is 110 cm³/mol. The number of para-hydroxylation sites is 1. The van der Waals surface area contributed by atoms with Gasteiger partial charge in [-0.25, -0.2) is 4.98 Å². The normalized spacial score (nSPS) is 13.7. The van der Waals surface area contributed by atoms with Crippen LogP contribution < -0.4 is 4.90 Å². The van der Waals surface area contributed by atoms with Crippen molar-refractivity contribution in [3.8, 4) is 11.4 Å². The minimum absolute atomic E-state index is 0.246. The van der Waals surface area contributed by atoms with Crippen molar-refractivity contribution in [1.82, 2.24) is 24.3 Å². The molecule has 1 aromatic carbocycles. The maximum Gasteiger partial charge on any atom is 0.202 e. The van der Waals surface area contributed by atoms with E-state index in [9.17, 15) is 0 Å². The number of hydrogen-bond acceptors (Lipinski definition) is 5. The van der Waals surface area contributed by atoms with Gasteiger partial charge in [0.05, 0.1) is 17.3 Å². The number of fused-ring (bicyclic) bond motifs is 1. The summed E-state index contributed by atoms with van der Waals surface area (Å²) in [6, 6.07) is 12.4. The summed E-state index contributed by atoms with van der Waals surface area (Å²) in [5.41, 5.74) is 2.07. The van der Waals surface area contributed by atoms with Gasteiger partial charge in [0.15, 0.2) is 17.5 Å². The van der Waals surface area contributed by atoms with Crippen molar-refractivity contribution >= 4 is 33.8 Å². The van der Waals surface area contributed by atoms with E-state index in [1.54, 1.807) is 23.7 Å². The Hall–Kier alpha value is -2.42. The lowest BCUT2D eigenvalue weighted by molar-refractivity contribution is -0.933. The molecular formula is C19H21N6S2+. The Balaban J connectivity index is 1.59. The molecule has 3 heterocycles. The molecule has 0 bridgehead atoms. The van der Waals surface area contributed by atoms with E-state index in [-0.39, 0.29) is 6.04 Å². The Kier molecular flexibility index (Phi) is 4.86. The van der Waals surface area contributed by atoms with Gasteiger partial charge in [-0.2, -0.15) is 4.68 Å². The summed E-state index contributed by atoms with van der Waals surface area (Å²) in [7, 11) is 4.10. The van der Waals surface area contributed by atoms with Crippen LogP contribution in [0.4, 0.5) is 0 Å². The molecule has 0 saturated carbocycles. The molecule has 1 N–H and O–H groups in total. The standard InChI is InChI=1S/C19H20N6S2/c1-13(18-21-15-6-4-5-7-16(15)27-18)23(2)12-25-19(26)24(3)17(22-25)14-8-10-20-11-9-14/h4-11,13H,12H2,1-3H3/p+1/t13-/m0/s1. The number of benzene rings is 1. The van der Waals surface area contributed by atoms with Crippen LogP contribution in [0.15, 0.2) is 48.8 Å². The van der Waals surface area contributed by atoms with Crippen LogP contribution in [0, 0.1) is 4.77 Å². The fourth-order valence-corrected chi connectivity index (χ4v) is 4.31. The fraction of sp³-hybridized carbons (Fsp3) is 0.263. The Labute approximate surface area is 166 Å². The van der Waals surface area contributed by atoms with Gasteiger partial charge in [-0.3, -0.25) is 4.98 Å². The van der Waals surface area contributed by atoms with Crippen LogP contribution in [0.2, 0.25) is 0 Å². The average molecular weight is 398 g/mol. The number of rotatable bonds is 5. The first-order chi connectivity index (χ1) is 13.0. The number of nitrogens with zero attached hydrogens (tertiary/aromatic N) is 5. The molecule has 0 radical (unpaired) electrons. The molecule has 0 spiro atoms. The molecule has 6 nitrogen and oxygen atoms in total. The van der Waals surface area contributed by atoms with E-state index in [4.69, 9.17) is 22.3 Å². The summed E-state index contributed by atoms with van der Waals surface area (Å²) >= 11 is 7.36. The molecule has 1 unspecified atom stereocenters. The molecule has 0 amide bonds. The highest BCUT2D eigenvalue weighted by Gasteiger charge is 2.21. The van der Waals surface area contributed by atoms with E-state index < -0.39 is 0 Å². The predicted octanol–water partition coefficient (Wildman–Crippen LogP) is 2.86. The van der Waals surface area contributed by atoms with Crippen LogP contribution in [0.1, 0.15) is 18.0 Å².